The molecule has 0 aliphatic carbocycles. The Morgan fingerprint density at radius 3 is 2.41 bits per heavy atom. The van der Waals surface area contributed by atoms with Crippen molar-refractivity contribution < 1.29 is 30.1 Å². The van der Waals surface area contributed by atoms with Gasteiger partial charge in [-0.25, -0.2) is 4.79 Å². The summed E-state index contributed by atoms with van der Waals surface area (Å²) in [7, 11) is 0. The van der Waals surface area contributed by atoms with Gasteiger partial charge in [0.25, 0.3) is 0 Å². The third-order valence-electron chi connectivity index (χ3n) is 5.19. The number of nitrogens with one attached hydrogen (secondary N) is 3. The van der Waals surface area contributed by atoms with Gasteiger partial charge < -0.3 is 21.7 Å². The molecule has 1 aliphatic rings. The molecule has 0 bridgehead atoms. The molecule has 11 nitrogen and oxygen atoms in total. The van der Waals surface area contributed by atoms with Gasteiger partial charge in [0.05, 0.1) is 6.04 Å². The summed E-state index contributed by atoms with van der Waals surface area (Å²) in [6.45, 7) is 5.02. The highest BCUT2D eigenvalue weighted by Crippen LogP contribution is 2.19. The van der Waals surface area contributed by atoms with Crippen LogP contribution in [0.2, 0.25) is 0 Å². The summed E-state index contributed by atoms with van der Waals surface area (Å²) < 4.78 is 7.31. The molecule has 1 heterocycles. The summed E-state index contributed by atoms with van der Waals surface area (Å²) in [5, 5.41) is 7.63. The Bertz CT molecular complexity index is 759. The fourth-order valence-electron chi connectivity index (χ4n) is 3.35. The Labute approximate surface area is 189 Å². The molecule has 0 radical (unpaired) electrons. The van der Waals surface area contributed by atoms with Crippen molar-refractivity contribution in [3.63, 3.8) is 0 Å². The number of amides is 6. The van der Waals surface area contributed by atoms with E-state index in [0.717, 1.165) is 4.90 Å². The first-order chi connectivity index (χ1) is 15.5. The molecule has 11 heteroatoms. The largest absolute Gasteiger partial charge is 0.352 e. The molecule has 180 valence electrons. The molecule has 6 amide bonds. The van der Waals surface area contributed by atoms with E-state index in [-0.39, 0.29) is 62.4 Å². The lowest BCUT2D eigenvalue weighted by molar-refractivity contribution is -0.139. The van der Waals surface area contributed by atoms with Gasteiger partial charge in [-0.1, -0.05) is 20.8 Å². The minimum absolute atomic E-state index is 0.0236. The topological polar surface area (TPSA) is 168 Å². The van der Waals surface area contributed by atoms with Crippen molar-refractivity contribution >= 4 is 35.4 Å². The van der Waals surface area contributed by atoms with Gasteiger partial charge >= 0.3 is 6.03 Å². The van der Waals surface area contributed by atoms with Crippen molar-refractivity contribution in [1.29, 1.82) is 0 Å². The van der Waals surface area contributed by atoms with Gasteiger partial charge in [-0.3, -0.25) is 28.9 Å². The van der Waals surface area contributed by atoms with Crippen molar-refractivity contribution in [3.8, 4) is 0 Å². The number of likely N-dealkylation sites (tertiary alicyclic amines) is 1. The van der Waals surface area contributed by atoms with Crippen LogP contribution < -0.4 is 21.7 Å². The lowest BCUT2D eigenvalue weighted by Gasteiger charge is -2.25. The minimum atomic E-state index is -0.919. The van der Waals surface area contributed by atoms with E-state index in [2.05, 4.69) is 16.0 Å². The normalized spacial score (nSPS) is 18.2. The Kier molecular flexibility index (Phi) is 10.1. The number of Topliss-reactive ketones (excluding diaryl/α,β-unsaturated/α-hetero) is 1. The second kappa shape index (κ2) is 12.8. The third kappa shape index (κ3) is 8.64. The Morgan fingerprint density at radius 1 is 1.19 bits per heavy atom. The second-order valence-electron chi connectivity index (χ2n) is 8.34. The molecule has 1 unspecified atom stereocenters. The molecule has 1 fully saturated rings. The van der Waals surface area contributed by atoms with Crippen LogP contribution in [0.3, 0.4) is 0 Å². The number of nitrogens with two attached hydrogens (primary N) is 1. The van der Waals surface area contributed by atoms with Gasteiger partial charge in [0.2, 0.25) is 23.6 Å². The molecule has 5 N–H and O–H groups in total. The third-order valence-corrected chi connectivity index (χ3v) is 5.19. The zero-order valence-corrected chi connectivity index (χ0v) is 18.9. The van der Waals surface area contributed by atoms with Crippen LogP contribution in [0.4, 0.5) is 4.79 Å². The maximum absolute atomic E-state index is 12.8. The van der Waals surface area contributed by atoms with Crippen molar-refractivity contribution in [3.05, 3.63) is 0 Å². The first-order valence-corrected chi connectivity index (χ1v) is 10.8. The van der Waals surface area contributed by atoms with Crippen LogP contribution in [-0.2, 0) is 24.0 Å². The van der Waals surface area contributed by atoms with E-state index in [1.807, 2.05) is 0 Å². The Hall–Kier alpha value is -2.98. The van der Waals surface area contributed by atoms with Crippen molar-refractivity contribution in [2.24, 2.45) is 17.6 Å². The zero-order chi connectivity index (χ0) is 25.1. The number of imide groups is 1. The fourth-order valence-corrected chi connectivity index (χ4v) is 3.35. The van der Waals surface area contributed by atoms with Gasteiger partial charge in [0.15, 0.2) is 5.78 Å². The number of rotatable bonds is 13. The van der Waals surface area contributed by atoms with Crippen molar-refractivity contribution in [1.82, 2.24) is 20.9 Å². The minimum Gasteiger partial charge on any atom is -0.352 e. The molecule has 1 rings (SSSR count). The van der Waals surface area contributed by atoms with Gasteiger partial charge in [0, 0.05) is 33.2 Å². The summed E-state index contributed by atoms with van der Waals surface area (Å²) in [4.78, 5) is 72.9. The summed E-state index contributed by atoms with van der Waals surface area (Å²) in [6.07, 6.45) is 1.05. The Balaban J connectivity index is 2.60. The first kappa shape index (κ1) is 25.3. The monoisotopic (exact) mass is 454 g/mol. The number of hydrogen-bond acceptors (Lipinski definition) is 6. The number of primary amides is 1. The van der Waals surface area contributed by atoms with Gasteiger partial charge in [-0.05, 0) is 32.1 Å². The molecule has 0 aromatic carbocycles. The molecular weight excluding hydrogens is 418 g/mol. The van der Waals surface area contributed by atoms with E-state index in [9.17, 15) is 28.8 Å². The van der Waals surface area contributed by atoms with Crippen LogP contribution in [0.15, 0.2) is 0 Å². The number of nitrogens with zero attached hydrogens (tertiary/aromatic N) is 1. The molecule has 0 saturated carbocycles. The van der Waals surface area contributed by atoms with E-state index in [1.165, 1.54) is 0 Å². The van der Waals surface area contributed by atoms with Crippen LogP contribution in [0.25, 0.3) is 0 Å². The van der Waals surface area contributed by atoms with Crippen LogP contribution in [0.5, 0.6) is 0 Å². The highest BCUT2D eigenvalue weighted by Gasteiger charge is 2.35. The summed E-state index contributed by atoms with van der Waals surface area (Å²) >= 11 is 0. The van der Waals surface area contributed by atoms with Crippen LogP contribution in [0, 0.1) is 11.8 Å². The molecular formula is C21H35N5O6. The summed E-state index contributed by atoms with van der Waals surface area (Å²) in [5.41, 5.74) is 4.99. The van der Waals surface area contributed by atoms with E-state index in [1.54, 1.807) is 20.8 Å². The van der Waals surface area contributed by atoms with Crippen molar-refractivity contribution in [2.75, 3.05) is 13.1 Å². The lowest BCUT2D eigenvalue weighted by Crippen LogP contribution is -2.53. The second-order valence-corrected chi connectivity index (χ2v) is 8.34. The predicted molar refractivity (Wildman–Crippen MR) is 116 cm³/mol. The molecule has 1 saturated heterocycles. The molecule has 0 spiro atoms. The van der Waals surface area contributed by atoms with E-state index >= 15 is 0 Å². The smallest absolute Gasteiger partial charge is 0.312 e. The van der Waals surface area contributed by atoms with E-state index in [0.29, 0.717) is 6.42 Å². The van der Waals surface area contributed by atoms with Crippen molar-refractivity contribution in [2.45, 2.75) is 71.9 Å². The standard InChI is InChI=1S/C21H35N5O6/c1-12(2)18(19(30)24-15(14(4)27)7-5-9-23-21(22)32)25-16(28)8-6-10-26-17(29)11-13(3)20(26)31/h12-13,15,18H,5-11H2,1-4H3,(H,24,30)(H,25,28)(H3,22,23,32)/t13?,15-,18-/m0/s1/i4D. The zero-order valence-electron chi connectivity index (χ0n) is 19.9. The molecule has 0 aromatic heterocycles. The quantitative estimate of drug-likeness (QED) is 0.222. The van der Waals surface area contributed by atoms with Gasteiger partial charge in [-0.15, -0.1) is 0 Å². The number of urea groups is 1. The average molecular weight is 455 g/mol. The van der Waals surface area contributed by atoms with E-state index in [4.69, 9.17) is 7.10 Å². The summed E-state index contributed by atoms with van der Waals surface area (Å²) in [5.74, 6) is -2.55. The molecule has 1 aliphatic heterocycles. The average Bonchev–Trinajstić information content (AvgIpc) is 2.98. The number of ketones is 1. The SMILES string of the molecule is [2H]CC(=O)[C@H](CCCNC(N)=O)NC(=O)[C@@H](NC(=O)CCCN1C(=O)CC(C)C1=O)C(C)C. The van der Waals surface area contributed by atoms with Crippen LogP contribution in [0.1, 0.15) is 61.1 Å². The van der Waals surface area contributed by atoms with E-state index < -0.39 is 42.6 Å². The molecule has 0 aromatic rings. The van der Waals surface area contributed by atoms with Gasteiger partial charge in [0.1, 0.15) is 6.04 Å². The number of carbonyl (C=O) groups excluding carboxylic acids is 6. The fraction of sp³-hybridized carbons (Fsp3) is 0.714. The molecule has 32 heavy (non-hydrogen) atoms. The maximum Gasteiger partial charge on any atom is 0.312 e. The number of carbonyl (C=O) groups is 6. The highest BCUT2D eigenvalue weighted by atomic mass is 16.2. The maximum atomic E-state index is 12.8. The van der Waals surface area contributed by atoms with Crippen LogP contribution >= 0.6 is 0 Å². The first-order valence-electron chi connectivity index (χ1n) is 11.5. The molecule has 3 atom stereocenters. The number of hydrogen-bond donors (Lipinski definition) is 4. The summed E-state index contributed by atoms with van der Waals surface area (Å²) in [6, 6.07) is -2.52. The van der Waals surface area contributed by atoms with Crippen LogP contribution in [-0.4, -0.2) is 65.5 Å². The lowest BCUT2D eigenvalue weighted by atomic mass is 10.0. The highest BCUT2D eigenvalue weighted by molar-refractivity contribution is 6.03. The van der Waals surface area contributed by atoms with Gasteiger partial charge in [-0.2, -0.15) is 0 Å². The Morgan fingerprint density at radius 2 is 1.88 bits per heavy atom. The predicted octanol–water partition coefficient (Wildman–Crippen LogP) is -0.175.